The van der Waals surface area contributed by atoms with Crippen LogP contribution in [0.2, 0.25) is 0 Å². The van der Waals surface area contributed by atoms with Crippen molar-refractivity contribution < 1.29 is 0 Å². The number of hydrogen-bond donors (Lipinski definition) is 0. The molecule has 0 atom stereocenters. The highest BCUT2D eigenvalue weighted by molar-refractivity contribution is 9.09. The maximum Gasteiger partial charge on any atom is 0.225 e. The second-order valence-corrected chi connectivity index (χ2v) is 7.00. The summed E-state index contributed by atoms with van der Waals surface area (Å²) in [6.07, 6.45) is 2.54. The monoisotopic (exact) mass is 311 g/mol. The van der Waals surface area contributed by atoms with Gasteiger partial charge in [0.1, 0.15) is 0 Å². The lowest BCUT2D eigenvalue weighted by atomic mass is 9.85. The molecule has 1 aliphatic rings. The van der Waals surface area contributed by atoms with Gasteiger partial charge in [0.15, 0.2) is 0 Å². The Morgan fingerprint density at radius 1 is 1.39 bits per heavy atom. The van der Waals surface area contributed by atoms with Crippen LogP contribution in [0.25, 0.3) is 0 Å². The number of alkyl halides is 1. The summed E-state index contributed by atoms with van der Waals surface area (Å²) in [6.45, 7) is 7.45. The van der Waals surface area contributed by atoms with E-state index >= 15 is 0 Å². The summed E-state index contributed by atoms with van der Waals surface area (Å²) in [5.74, 6) is 2.11. The van der Waals surface area contributed by atoms with E-state index in [1.807, 2.05) is 6.92 Å². The highest BCUT2D eigenvalue weighted by Crippen LogP contribution is 2.34. The number of nitrogens with zero attached hydrogens (tertiary/aromatic N) is 3. The van der Waals surface area contributed by atoms with E-state index in [-0.39, 0.29) is 0 Å². The van der Waals surface area contributed by atoms with E-state index < -0.39 is 0 Å². The van der Waals surface area contributed by atoms with Gasteiger partial charge in [0, 0.05) is 29.8 Å². The van der Waals surface area contributed by atoms with Crippen LogP contribution in [0.1, 0.15) is 44.0 Å². The summed E-state index contributed by atoms with van der Waals surface area (Å²) in [5.41, 5.74) is 2.19. The first-order valence-electron chi connectivity index (χ1n) is 6.66. The molecule has 0 amide bonds. The fraction of sp³-hybridized carbons (Fsp3) is 0.714. The van der Waals surface area contributed by atoms with Crippen LogP contribution in [-0.4, -0.2) is 28.4 Å². The maximum atomic E-state index is 4.67. The first-order chi connectivity index (χ1) is 8.45. The normalized spacial score (nSPS) is 23.0. The van der Waals surface area contributed by atoms with E-state index in [9.17, 15) is 0 Å². The van der Waals surface area contributed by atoms with E-state index in [2.05, 4.69) is 57.8 Å². The summed E-state index contributed by atoms with van der Waals surface area (Å²) < 4.78 is 0. The molecule has 1 aromatic rings. The molecule has 0 aromatic carbocycles. The maximum absolute atomic E-state index is 4.67. The predicted molar refractivity (Wildman–Crippen MR) is 79.6 cm³/mol. The van der Waals surface area contributed by atoms with Crippen molar-refractivity contribution in [3.05, 3.63) is 17.5 Å². The lowest BCUT2D eigenvalue weighted by molar-refractivity contribution is 0.338. The van der Waals surface area contributed by atoms with Crippen LogP contribution >= 0.6 is 15.9 Å². The minimum Gasteiger partial charge on any atom is -0.344 e. The van der Waals surface area contributed by atoms with Gasteiger partial charge in [-0.25, -0.2) is 9.97 Å². The van der Waals surface area contributed by atoms with Crippen molar-refractivity contribution in [1.29, 1.82) is 0 Å². The number of aryl methyl sites for hydroxylation is 1. The molecule has 100 valence electrons. The highest BCUT2D eigenvalue weighted by Gasteiger charge is 2.28. The molecule has 0 aliphatic heterocycles. The van der Waals surface area contributed by atoms with Gasteiger partial charge in [-0.05, 0) is 37.7 Å². The molecule has 1 heterocycles. The number of halogens is 1. The third-order valence-corrected chi connectivity index (χ3v) is 4.25. The fourth-order valence-electron chi connectivity index (χ4n) is 2.32. The molecule has 0 unspecified atom stereocenters. The molecule has 1 aromatic heterocycles. The van der Waals surface area contributed by atoms with Crippen molar-refractivity contribution >= 4 is 21.9 Å². The standard InChI is InChI=1S/C14H22BrN3/c1-9(2)13-5-10(3)16-14(17-13)18(4)8-11-6-12(15)7-11/h5,9,11-12H,6-8H2,1-4H3. The zero-order chi connectivity index (χ0) is 13.3. The molecule has 0 saturated heterocycles. The largest absolute Gasteiger partial charge is 0.344 e. The Bertz CT molecular complexity index is 414. The lowest BCUT2D eigenvalue weighted by Crippen LogP contribution is -2.35. The summed E-state index contributed by atoms with van der Waals surface area (Å²) in [6, 6.07) is 2.08. The third-order valence-electron chi connectivity index (χ3n) is 3.51. The second-order valence-electron chi connectivity index (χ2n) is 5.70. The van der Waals surface area contributed by atoms with Crippen molar-refractivity contribution in [3.63, 3.8) is 0 Å². The topological polar surface area (TPSA) is 29.0 Å². The summed E-state index contributed by atoms with van der Waals surface area (Å²) in [7, 11) is 2.10. The number of rotatable bonds is 4. The Morgan fingerprint density at radius 3 is 2.61 bits per heavy atom. The van der Waals surface area contributed by atoms with E-state index in [1.165, 1.54) is 12.8 Å². The van der Waals surface area contributed by atoms with Crippen molar-refractivity contribution in [2.45, 2.75) is 44.4 Å². The molecule has 0 spiro atoms. The molecule has 1 saturated carbocycles. The Balaban J connectivity index is 2.07. The Morgan fingerprint density at radius 2 is 2.06 bits per heavy atom. The first-order valence-corrected chi connectivity index (χ1v) is 7.58. The van der Waals surface area contributed by atoms with Crippen LogP contribution in [0.3, 0.4) is 0 Å². The Kier molecular flexibility index (Phi) is 4.25. The predicted octanol–water partition coefficient (Wildman–Crippen LogP) is 3.52. The Labute approximate surface area is 118 Å². The van der Waals surface area contributed by atoms with Crippen molar-refractivity contribution in [2.24, 2.45) is 5.92 Å². The number of aromatic nitrogens is 2. The van der Waals surface area contributed by atoms with Crippen molar-refractivity contribution in [3.8, 4) is 0 Å². The van der Waals surface area contributed by atoms with Crippen LogP contribution in [0.5, 0.6) is 0 Å². The SMILES string of the molecule is Cc1cc(C(C)C)nc(N(C)CC2CC(Br)C2)n1. The number of hydrogen-bond acceptors (Lipinski definition) is 3. The zero-order valence-corrected chi connectivity index (χ0v) is 13.2. The van der Waals surface area contributed by atoms with Crippen molar-refractivity contribution in [2.75, 3.05) is 18.5 Å². The summed E-state index contributed by atoms with van der Waals surface area (Å²) in [4.78, 5) is 12.1. The molecule has 0 radical (unpaired) electrons. The average Bonchev–Trinajstić information content (AvgIpc) is 2.26. The molecule has 0 N–H and O–H groups in total. The van der Waals surface area contributed by atoms with Gasteiger partial charge in [0.25, 0.3) is 0 Å². The van der Waals surface area contributed by atoms with Gasteiger partial charge in [-0.1, -0.05) is 29.8 Å². The molecule has 1 aliphatic carbocycles. The zero-order valence-electron chi connectivity index (χ0n) is 11.7. The average molecular weight is 312 g/mol. The first kappa shape index (κ1) is 13.8. The van der Waals surface area contributed by atoms with E-state index in [0.29, 0.717) is 5.92 Å². The van der Waals surface area contributed by atoms with Gasteiger partial charge < -0.3 is 4.90 Å². The fourth-order valence-corrected chi connectivity index (χ4v) is 3.37. The summed E-state index contributed by atoms with van der Waals surface area (Å²) >= 11 is 3.64. The minimum atomic E-state index is 0.453. The molecular weight excluding hydrogens is 290 g/mol. The van der Waals surface area contributed by atoms with Gasteiger partial charge in [0.05, 0.1) is 0 Å². The quantitative estimate of drug-likeness (QED) is 0.797. The van der Waals surface area contributed by atoms with E-state index in [1.54, 1.807) is 0 Å². The Hall–Kier alpha value is -0.640. The lowest BCUT2D eigenvalue weighted by Gasteiger charge is -2.34. The van der Waals surface area contributed by atoms with Gasteiger partial charge >= 0.3 is 0 Å². The van der Waals surface area contributed by atoms with E-state index in [4.69, 9.17) is 0 Å². The van der Waals surface area contributed by atoms with Gasteiger partial charge in [-0.2, -0.15) is 0 Å². The molecule has 2 rings (SSSR count). The van der Waals surface area contributed by atoms with Gasteiger partial charge in [-0.15, -0.1) is 0 Å². The van der Waals surface area contributed by atoms with Gasteiger partial charge in [-0.3, -0.25) is 0 Å². The van der Waals surface area contributed by atoms with E-state index in [0.717, 1.165) is 34.6 Å². The van der Waals surface area contributed by atoms with Gasteiger partial charge in [0.2, 0.25) is 5.95 Å². The molecular formula is C14H22BrN3. The van der Waals surface area contributed by atoms with Crippen LogP contribution in [0, 0.1) is 12.8 Å². The van der Waals surface area contributed by atoms with Crippen LogP contribution < -0.4 is 4.90 Å². The highest BCUT2D eigenvalue weighted by atomic mass is 79.9. The van der Waals surface area contributed by atoms with Crippen LogP contribution in [0.4, 0.5) is 5.95 Å². The summed E-state index contributed by atoms with van der Waals surface area (Å²) in [5, 5.41) is 0. The van der Waals surface area contributed by atoms with Crippen LogP contribution in [0.15, 0.2) is 6.07 Å². The molecule has 1 fully saturated rings. The smallest absolute Gasteiger partial charge is 0.225 e. The number of anilines is 1. The molecule has 0 bridgehead atoms. The minimum absolute atomic E-state index is 0.453. The molecule has 3 nitrogen and oxygen atoms in total. The van der Waals surface area contributed by atoms with Crippen LogP contribution in [-0.2, 0) is 0 Å². The third kappa shape index (κ3) is 3.22. The molecule has 4 heteroatoms. The molecule has 18 heavy (non-hydrogen) atoms. The second kappa shape index (κ2) is 5.55. The van der Waals surface area contributed by atoms with Crippen molar-refractivity contribution in [1.82, 2.24) is 9.97 Å².